The van der Waals surface area contributed by atoms with Crippen molar-refractivity contribution in [3.8, 4) is 0 Å². The summed E-state index contributed by atoms with van der Waals surface area (Å²) in [7, 11) is 0. The van der Waals surface area contributed by atoms with Gasteiger partial charge >= 0.3 is 0 Å². The highest BCUT2D eigenvalue weighted by molar-refractivity contribution is 9.10. The van der Waals surface area contributed by atoms with Crippen molar-refractivity contribution in [2.24, 2.45) is 0 Å². The predicted molar refractivity (Wildman–Crippen MR) is 82.4 cm³/mol. The highest BCUT2D eigenvalue weighted by Crippen LogP contribution is 2.27. The average Bonchev–Trinajstić information content (AvgIpc) is 2.83. The summed E-state index contributed by atoms with van der Waals surface area (Å²) in [6, 6.07) is 0.00655. The summed E-state index contributed by atoms with van der Waals surface area (Å²) in [6.45, 7) is 6.12. The predicted octanol–water partition coefficient (Wildman–Crippen LogP) is 2.93. The van der Waals surface area contributed by atoms with Crippen LogP contribution in [0, 0.1) is 0 Å². The van der Waals surface area contributed by atoms with Gasteiger partial charge in [-0.15, -0.1) is 0 Å². The fourth-order valence-corrected chi connectivity index (χ4v) is 2.66. The number of aryl methyl sites for hydroxylation is 1. The second kappa shape index (κ2) is 7.50. The SMILES string of the molecule is CCCNC(c1cnccn1)c1c(Br)cnn1CCC. The molecule has 0 fully saturated rings. The first-order chi connectivity index (χ1) is 9.77. The highest BCUT2D eigenvalue weighted by atomic mass is 79.9. The monoisotopic (exact) mass is 337 g/mol. The molecule has 0 aliphatic carbocycles. The molecular formula is C14H20BrN5. The fraction of sp³-hybridized carbons (Fsp3) is 0.500. The lowest BCUT2D eigenvalue weighted by Crippen LogP contribution is -2.27. The molecule has 5 nitrogen and oxygen atoms in total. The Hall–Kier alpha value is -1.27. The van der Waals surface area contributed by atoms with Gasteiger partial charge in [0.15, 0.2) is 0 Å². The minimum Gasteiger partial charge on any atom is -0.304 e. The summed E-state index contributed by atoms with van der Waals surface area (Å²) >= 11 is 3.61. The maximum atomic E-state index is 4.44. The quantitative estimate of drug-likeness (QED) is 0.843. The number of aromatic nitrogens is 4. The van der Waals surface area contributed by atoms with Gasteiger partial charge in [0.25, 0.3) is 0 Å². The van der Waals surface area contributed by atoms with Gasteiger partial charge < -0.3 is 5.32 Å². The molecule has 2 aromatic rings. The van der Waals surface area contributed by atoms with Gasteiger partial charge in [-0.3, -0.25) is 14.6 Å². The zero-order valence-electron chi connectivity index (χ0n) is 11.9. The van der Waals surface area contributed by atoms with Crippen LogP contribution < -0.4 is 5.32 Å². The molecule has 108 valence electrons. The van der Waals surface area contributed by atoms with Gasteiger partial charge in [0.05, 0.1) is 34.3 Å². The van der Waals surface area contributed by atoms with Crippen LogP contribution in [-0.2, 0) is 6.54 Å². The van der Waals surface area contributed by atoms with Crippen molar-refractivity contribution in [1.29, 1.82) is 0 Å². The van der Waals surface area contributed by atoms with Crippen LogP contribution in [0.5, 0.6) is 0 Å². The largest absolute Gasteiger partial charge is 0.304 e. The highest BCUT2D eigenvalue weighted by Gasteiger charge is 2.22. The Kier molecular flexibility index (Phi) is 5.67. The molecule has 2 heterocycles. The first kappa shape index (κ1) is 15.1. The van der Waals surface area contributed by atoms with Crippen LogP contribution in [0.3, 0.4) is 0 Å². The Morgan fingerprint density at radius 3 is 2.75 bits per heavy atom. The zero-order chi connectivity index (χ0) is 14.4. The normalized spacial score (nSPS) is 12.6. The van der Waals surface area contributed by atoms with E-state index in [1.807, 2.05) is 17.1 Å². The number of nitrogens with zero attached hydrogens (tertiary/aromatic N) is 4. The van der Waals surface area contributed by atoms with E-state index in [2.05, 4.69) is 50.2 Å². The number of hydrogen-bond acceptors (Lipinski definition) is 4. The molecule has 6 heteroatoms. The average molecular weight is 338 g/mol. The van der Waals surface area contributed by atoms with Crippen LogP contribution in [0.15, 0.2) is 29.3 Å². The molecule has 0 spiro atoms. The minimum absolute atomic E-state index is 0.00655. The van der Waals surface area contributed by atoms with Crippen LogP contribution >= 0.6 is 15.9 Å². The van der Waals surface area contributed by atoms with E-state index >= 15 is 0 Å². The van der Waals surface area contributed by atoms with Crippen LogP contribution in [0.25, 0.3) is 0 Å². The Morgan fingerprint density at radius 2 is 2.10 bits per heavy atom. The molecule has 0 amide bonds. The third-order valence-corrected chi connectivity index (χ3v) is 3.63. The van der Waals surface area contributed by atoms with E-state index in [1.165, 1.54) is 0 Å². The van der Waals surface area contributed by atoms with Gasteiger partial charge in [0, 0.05) is 18.9 Å². The van der Waals surface area contributed by atoms with E-state index in [9.17, 15) is 0 Å². The Labute approximate surface area is 128 Å². The van der Waals surface area contributed by atoms with Crippen LogP contribution in [0.4, 0.5) is 0 Å². The number of rotatable bonds is 7. The smallest absolute Gasteiger partial charge is 0.0949 e. The molecule has 20 heavy (non-hydrogen) atoms. The third-order valence-electron chi connectivity index (χ3n) is 3.02. The summed E-state index contributed by atoms with van der Waals surface area (Å²) in [5.41, 5.74) is 2.03. The lowest BCUT2D eigenvalue weighted by Gasteiger charge is -2.20. The molecule has 1 atom stereocenters. The van der Waals surface area contributed by atoms with Crippen molar-refractivity contribution in [2.75, 3.05) is 6.54 Å². The van der Waals surface area contributed by atoms with E-state index in [4.69, 9.17) is 0 Å². The molecule has 2 aromatic heterocycles. The van der Waals surface area contributed by atoms with Crippen molar-refractivity contribution in [2.45, 2.75) is 39.3 Å². The molecule has 0 aliphatic rings. The molecule has 0 aromatic carbocycles. The molecule has 1 N–H and O–H groups in total. The fourth-order valence-electron chi connectivity index (χ4n) is 2.14. The molecule has 1 unspecified atom stereocenters. The minimum atomic E-state index is 0.00655. The van der Waals surface area contributed by atoms with Gasteiger partial charge in [-0.2, -0.15) is 5.10 Å². The van der Waals surface area contributed by atoms with Crippen molar-refractivity contribution in [1.82, 2.24) is 25.1 Å². The van der Waals surface area contributed by atoms with Gasteiger partial charge in [0.2, 0.25) is 0 Å². The zero-order valence-corrected chi connectivity index (χ0v) is 13.5. The first-order valence-corrected chi connectivity index (χ1v) is 7.77. The summed E-state index contributed by atoms with van der Waals surface area (Å²) < 4.78 is 3.04. The van der Waals surface area contributed by atoms with Gasteiger partial charge in [0.1, 0.15) is 0 Å². The molecule has 0 saturated carbocycles. The van der Waals surface area contributed by atoms with E-state index in [0.717, 1.165) is 41.8 Å². The maximum absolute atomic E-state index is 4.44. The standard InChI is InChI=1S/C14H20BrN5/c1-3-5-18-13(12-10-16-6-7-17-12)14-11(15)9-19-20(14)8-4-2/h6-7,9-10,13,18H,3-5,8H2,1-2H3. The second-order valence-electron chi connectivity index (χ2n) is 4.62. The lowest BCUT2D eigenvalue weighted by molar-refractivity contribution is 0.503. The van der Waals surface area contributed by atoms with Crippen LogP contribution in [-0.4, -0.2) is 26.3 Å². The van der Waals surface area contributed by atoms with Gasteiger partial charge in [-0.25, -0.2) is 0 Å². The molecule has 0 saturated heterocycles. The maximum Gasteiger partial charge on any atom is 0.0949 e. The Morgan fingerprint density at radius 1 is 1.25 bits per heavy atom. The summed E-state index contributed by atoms with van der Waals surface area (Å²) in [5, 5.41) is 7.98. The summed E-state index contributed by atoms with van der Waals surface area (Å²) in [6.07, 6.45) is 9.19. The number of hydrogen-bond donors (Lipinski definition) is 1. The van der Waals surface area contributed by atoms with Gasteiger partial charge in [-0.05, 0) is 35.3 Å². The van der Waals surface area contributed by atoms with Crippen molar-refractivity contribution >= 4 is 15.9 Å². The van der Waals surface area contributed by atoms with E-state index < -0.39 is 0 Å². The van der Waals surface area contributed by atoms with Crippen molar-refractivity contribution in [3.63, 3.8) is 0 Å². The van der Waals surface area contributed by atoms with E-state index in [-0.39, 0.29) is 6.04 Å². The second-order valence-corrected chi connectivity index (χ2v) is 5.47. The summed E-state index contributed by atoms with van der Waals surface area (Å²) in [5.74, 6) is 0. The van der Waals surface area contributed by atoms with Crippen LogP contribution in [0.1, 0.15) is 44.1 Å². The van der Waals surface area contributed by atoms with Gasteiger partial charge in [-0.1, -0.05) is 13.8 Å². The van der Waals surface area contributed by atoms with E-state index in [1.54, 1.807) is 12.4 Å². The van der Waals surface area contributed by atoms with Crippen molar-refractivity contribution < 1.29 is 0 Å². The first-order valence-electron chi connectivity index (χ1n) is 6.98. The van der Waals surface area contributed by atoms with Crippen molar-refractivity contribution in [3.05, 3.63) is 40.6 Å². The number of halogens is 1. The lowest BCUT2D eigenvalue weighted by atomic mass is 10.1. The third kappa shape index (κ3) is 3.43. The van der Waals surface area contributed by atoms with Crippen LogP contribution in [0.2, 0.25) is 0 Å². The molecule has 0 aliphatic heterocycles. The Bertz CT molecular complexity index is 526. The molecule has 0 radical (unpaired) electrons. The summed E-state index contributed by atoms with van der Waals surface area (Å²) in [4.78, 5) is 8.62. The topological polar surface area (TPSA) is 55.6 Å². The molecular weight excluding hydrogens is 318 g/mol. The molecule has 0 bridgehead atoms. The number of nitrogens with one attached hydrogen (secondary N) is 1. The van der Waals surface area contributed by atoms with E-state index in [0.29, 0.717) is 0 Å². The molecule has 2 rings (SSSR count). The Balaban J connectivity index is 2.38.